The molecule has 1 heterocycles. The van der Waals surface area contributed by atoms with Crippen molar-refractivity contribution in [3.05, 3.63) is 47.9 Å². The number of hydrogen-bond acceptors (Lipinski definition) is 4. The Morgan fingerprint density at radius 2 is 2.21 bits per heavy atom. The summed E-state index contributed by atoms with van der Waals surface area (Å²) in [5.41, 5.74) is 6.08. The lowest BCUT2D eigenvalue weighted by Crippen LogP contribution is -2.11. The summed E-state index contributed by atoms with van der Waals surface area (Å²) in [5.74, 6) is 1.21. The Labute approximate surface area is 111 Å². The molecular weight excluding hydrogens is 244 g/mol. The van der Waals surface area contributed by atoms with Crippen LogP contribution in [0.3, 0.4) is 0 Å². The first kappa shape index (κ1) is 13.2. The number of carbonyl (C=O) groups excluding carboxylic acids is 1. The first-order chi connectivity index (χ1) is 9.22. The number of ether oxygens (including phenoxy) is 1. The number of nitrogens with two attached hydrogens (primary N) is 1. The molecule has 19 heavy (non-hydrogen) atoms. The Morgan fingerprint density at radius 1 is 1.37 bits per heavy atom. The van der Waals surface area contributed by atoms with E-state index in [1.807, 2.05) is 19.1 Å². The van der Waals surface area contributed by atoms with Crippen molar-refractivity contribution in [1.29, 1.82) is 0 Å². The molecule has 0 unspecified atom stereocenters. The summed E-state index contributed by atoms with van der Waals surface area (Å²) in [4.78, 5) is 11.9. The van der Waals surface area contributed by atoms with Crippen LogP contribution in [0.25, 0.3) is 0 Å². The van der Waals surface area contributed by atoms with Gasteiger partial charge in [0, 0.05) is 11.8 Å². The summed E-state index contributed by atoms with van der Waals surface area (Å²) in [6, 6.07) is 10.5. The average Bonchev–Trinajstić information content (AvgIpc) is 2.88. The number of carbonyl (C=O) groups is 1. The van der Waals surface area contributed by atoms with E-state index in [9.17, 15) is 4.79 Å². The van der Waals surface area contributed by atoms with Gasteiger partial charge in [-0.25, -0.2) is 0 Å². The predicted octanol–water partition coefficient (Wildman–Crippen LogP) is 2.39. The van der Waals surface area contributed by atoms with Gasteiger partial charge in [0.05, 0.1) is 13.2 Å². The highest BCUT2D eigenvalue weighted by molar-refractivity contribution is 6.02. The summed E-state index contributed by atoms with van der Waals surface area (Å²) >= 11 is 0. The maximum absolute atomic E-state index is 11.9. The van der Waals surface area contributed by atoms with Crippen molar-refractivity contribution in [3.8, 4) is 5.75 Å². The third kappa shape index (κ3) is 3.35. The highest BCUT2D eigenvalue weighted by Crippen LogP contribution is 2.18. The van der Waals surface area contributed by atoms with Gasteiger partial charge in [-0.1, -0.05) is 6.07 Å². The molecule has 0 radical (unpaired) electrons. The number of nitrogens with one attached hydrogen (secondary N) is 1. The Kier molecular flexibility index (Phi) is 4.20. The van der Waals surface area contributed by atoms with Crippen molar-refractivity contribution >= 4 is 11.6 Å². The zero-order valence-corrected chi connectivity index (χ0v) is 10.7. The average molecular weight is 260 g/mol. The van der Waals surface area contributed by atoms with E-state index in [0.717, 1.165) is 0 Å². The van der Waals surface area contributed by atoms with Gasteiger partial charge in [-0.2, -0.15) is 0 Å². The molecule has 0 aliphatic heterocycles. The van der Waals surface area contributed by atoms with Crippen molar-refractivity contribution in [3.63, 3.8) is 0 Å². The molecule has 0 bridgehead atoms. The second kappa shape index (κ2) is 6.06. The first-order valence-electron chi connectivity index (χ1n) is 6.06. The maximum atomic E-state index is 11.9. The molecule has 0 aliphatic carbocycles. The normalized spacial score (nSPS) is 10.2. The monoisotopic (exact) mass is 260 g/mol. The minimum atomic E-state index is -0.312. The van der Waals surface area contributed by atoms with Gasteiger partial charge in [0.2, 0.25) is 0 Å². The van der Waals surface area contributed by atoms with Crippen molar-refractivity contribution in [1.82, 2.24) is 0 Å². The largest absolute Gasteiger partial charge is 0.494 e. The minimum Gasteiger partial charge on any atom is -0.494 e. The Morgan fingerprint density at radius 3 is 2.89 bits per heavy atom. The lowest BCUT2D eigenvalue weighted by atomic mass is 10.3. The van der Waals surface area contributed by atoms with Crippen molar-refractivity contribution in [2.75, 3.05) is 11.9 Å². The van der Waals surface area contributed by atoms with Gasteiger partial charge >= 0.3 is 0 Å². The number of rotatable bonds is 5. The third-order valence-corrected chi connectivity index (χ3v) is 2.49. The fourth-order valence-corrected chi connectivity index (χ4v) is 1.63. The van der Waals surface area contributed by atoms with Gasteiger partial charge in [0.1, 0.15) is 11.5 Å². The SMILES string of the molecule is CCOc1cccc(NC(=O)c2ccc(CN)o2)c1. The van der Waals surface area contributed by atoms with Crippen LogP contribution in [0.1, 0.15) is 23.2 Å². The van der Waals surface area contributed by atoms with Crippen LogP contribution in [0, 0.1) is 0 Å². The molecule has 1 aromatic heterocycles. The molecule has 2 rings (SSSR count). The van der Waals surface area contributed by atoms with Gasteiger partial charge in [0.25, 0.3) is 5.91 Å². The fraction of sp³-hybridized carbons (Fsp3) is 0.214. The van der Waals surface area contributed by atoms with E-state index in [2.05, 4.69) is 5.32 Å². The maximum Gasteiger partial charge on any atom is 0.291 e. The summed E-state index contributed by atoms with van der Waals surface area (Å²) in [6.45, 7) is 2.75. The molecule has 5 nitrogen and oxygen atoms in total. The summed E-state index contributed by atoms with van der Waals surface area (Å²) in [7, 11) is 0. The van der Waals surface area contributed by atoms with Gasteiger partial charge in [-0.15, -0.1) is 0 Å². The van der Waals surface area contributed by atoms with Gasteiger partial charge in [0.15, 0.2) is 5.76 Å². The van der Waals surface area contributed by atoms with Crippen LogP contribution < -0.4 is 15.8 Å². The van der Waals surface area contributed by atoms with Crippen LogP contribution in [0.2, 0.25) is 0 Å². The van der Waals surface area contributed by atoms with Crippen LogP contribution in [-0.2, 0) is 6.54 Å². The van der Waals surface area contributed by atoms with E-state index in [0.29, 0.717) is 23.8 Å². The quantitative estimate of drug-likeness (QED) is 0.865. The molecule has 0 saturated carbocycles. The topological polar surface area (TPSA) is 77.5 Å². The first-order valence-corrected chi connectivity index (χ1v) is 6.06. The molecule has 1 aromatic carbocycles. The summed E-state index contributed by atoms with van der Waals surface area (Å²) in [6.07, 6.45) is 0. The highest BCUT2D eigenvalue weighted by Gasteiger charge is 2.11. The van der Waals surface area contributed by atoms with E-state index in [4.69, 9.17) is 14.9 Å². The smallest absolute Gasteiger partial charge is 0.291 e. The van der Waals surface area contributed by atoms with E-state index in [1.165, 1.54) is 0 Å². The molecule has 1 amide bonds. The van der Waals surface area contributed by atoms with Crippen molar-refractivity contribution < 1.29 is 13.9 Å². The van der Waals surface area contributed by atoms with E-state index >= 15 is 0 Å². The van der Waals surface area contributed by atoms with Crippen LogP contribution in [0.15, 0.2) is 40.8 Å². The zero-order chi connectivity index (χ0) is 13.7. The molecule has 0 fully saturated rings. The highest BCUT2D eigenvalue weighted by atomic mass is 16.5. The van der Waals surface area contributed by atoms with Gasteiger partial charge in [-0.3, -0.25) is 4.79 Å². The van der Waals surface area contributed by atoms with Crippen LogP contribution in [0.4, 0.5) is 5.69 Å². The lowest BCUT2D eigenvalue weighted by Gasteiger charge is -2.06. The second-order valence-electron chi connectivity index (χ2n) is 3.89. The predicted molar refractivity (Wildman–Crippen MR) is 72.2 cm³/mol. The number of benzene rings is 1. The molecule has 3 N–H and O–H groups in total. The molecule has 0 spiro atoms. The molecule has 5 heteroatoms. The number of hydrogen-bond donors (Lipinski definition) is 2. The molecule has 0 aliphatic rings. The van der Waals surface area contributed by atoms with Crippen LogP contribution >= 0.6 is 0 Å². The summed E-state index contributed by atoms with van der Waals surface area (Å²) in [5, 5.41) is 2.74. The van der Waals surface area contributed by atoms with Crippen molar-refractivity contribution in [2.45, 2.75) is 13.5 Å². The van der Waals surface area contributed by atoms with E-state index in [-0.39, 0.29) is 18.2 Å². The number of anilines is 1. The third-order valence-electron chi connectivity index (χ3n) is 2.49. The number of furan rings is 1. The molecule has 100 valence electrons. The lowest BCUT2D eigenvalue weighted by molar-refractivity contribution is 0.0995. The standard InChI is InChI=1S/C14H16N2O3/c1-2-18-11-5-3-4-10(8-11)16-14(17)13-7-6-12(9-15)19-13/h3-8H,2,9,15H2,1H3,(H,16,17). The number of amides is 1. The molecule has 0 atom stereocenters. The fourth-order valence-electron chi connectivity index (χ4n) is 1.63. The van der Waals surface area contributed by atoms with Crippen LogP contribution in [-0.4, -0.2) is 12.5 Å². The zero-order valence-electron chi connectivity index (χ0n) is 10.7. The van der Waals surface area contributed by atoms with Crippen LogP contribution in [0.5, 0.6) is 5.75 Å². The Balaban J connectivity index is 2.07. The minimum absolute atomic E-state index is 0.238. The van der Waals surface area contributed by atoms with E-state index in [1.54, 1.807) is 24.3 Å². The molecule has 0 saturated heterocycles. The Bertz CT molecular complexity index is 563. The van der Waals surface area contributed by atoms with E-state index < -0.39 is 0 Å². The molecular formula is C14H16N2O3. The van der Waals surface area contributed by atoms with Crippen molar-refractivity contribution in [2.24, 2.45) is 5.73 Å². The van der Waals surface area contributed by atoms with Gasteiger partial charge < -0.3 is 20.2 Å². The summed E-state index contributed by atoms with van der Waals surface area (Å²) < 4.78 is 10.6. The Hall–Kier alpha value is -2.27. The van der Waals surface area contributed by atoms with Gasteiger partial charge in [-0.05, 0) is 31.2 Å². The molecule has 2 aromatic rings. The second-order valence-corrected chi connectivity index (χ2v) is 3.89.